The zero-order valence-electron chi connectivity index (χ0n) is 32.8. The van der Waals surface area contributed by atoms with Crippen LogP contribution in [0.2, 0.25) is 0 Å². The first kappa shape index (κ1) is 39.6. The van der Waals surface area contributed by atoms with Gasteiger partial charge in [0.25, 0.3) is 5.91 Å². The van der Waals surface area contributed by atoms with Gasteiger partial charge in [0.05, 0.1) is 62.6 Å². The number of fused-ring (bicyclic) bond motifs is 8. The van der Waals surface area contributed by atoms with E-state index in [0.29, 0.717) is 57.1 Å². The molecule has 2 aliphatic rings. The van der Waals surface area contributed by atoms with Gasteiger partial charge in [-0.15, -0.1) is 0 Å². The number of carbonyl (C=O) groups is 2. The van der Waals surface area contributed by atoms with Gasteiger partial charge < -0.3 is 33.8 Å². The van der Waals surface area contributed by atoms with Crippen LogP contribution in [-0.2, 0) is 23.7 Å². The molecule has 5 rings (SSSR count). The first-order chi connectivity index (χ1) is 25.4. The van der Waals surface area contributed by atoms with Crippen molar-refractivity contribution in [1.29, 1.82) is 0 Å². The third-order valence-electron chi connectivity index (χ3n) is 10.7. The number of carbonyl (C=O) groups excluding carboxylic acids is 2. The molecule has 11 nitrogen and oxygen atoms in total. The smallest absolute Gasteiger partial charge is 0.305 e. The van der Waals surface area contributed by atoms with E-state index in [1.54, 1.807) is 19.1 Å². The van der Waals surface area contributed by atoms with E-state index < -0.39 is 0 Å². The number of nitrogens with zero attached hydrogens (tertiary/aromatic N) is 3. The van der Waals surface area contributed by atoms with Crippen LogP contribution in [0, 0.1) is 20.8 Å². The number of amides is 1. The molecule has 3 aromatic rings. The maximum Gasteiger partial charge on any atom is 0.305 e. The first-order valence-corrected chi connectivity index (χ1v) is 18.5. The Morgan fingerprint density at radius 1 is 0.887 bits per heavy atom. The standard InChI is InChI=1S/C42H55N5O6/c1-11-29-24(3)32-21-34-26(5)31(13-14-38(48)51-10)40(45-34)28(7)41-39(42(49)47(8)15-16-52-19-20-53-18-17-50-9)27(6)35(46-41)23-37-30(12-2)25(4)33(44-37)22-36(29)43-32/h11,21-23,26,31,43,46H,1,12-20H2,2-10H3/t26-,31-/m0/s1. The highest BCUT2D eigenvalue weighted by atomic mass is 16.5. The van der Waals surface area contributed by atoms with E-state index in [1.165, 1.54) is 7.11 Å². The van der Waals surface area contributed by atoms with E-state index in [-0.39, 0.29) is 30.1 Å². The molecule has 11 heteroatoms. The van der Waals surface area contributed by atoms with Gasteiger partial charge in [0.1, 0.15) is 0 Å². The highest BCUT2D eigenvalue weighted by molar-refractivity contribution is 6.06. The predicted octanol–water partition coefficient (Wildman–Crippen LogP) is 7.82. The second kappa shape index (κ2) is 17.5. The molecule has 53 heavy (non-hydrogen) atoms. The fraction of sp³-hybridized carbons (Fsp3) is 0.476. The maximum absolute atomic E-state index is 14.4. The van der Waals surface area contributed by atoms with Gasteiger partial charge in [0, 0.05) is 72.5 Å². The van der Waals surface area contributed by atoms with Crippen LogP contribution in [0.15, 0.2) is 24.8 Å². The first-order valence-electron chi connectivity index (χ1n) is 18.5. The molecule has 1 amide bonds. The number of hydrogen-bond acceptors (Lipinski definition) is 8. The van der Waals surface area contributed by atoms with Crippen LogP contribution in [0.25, 0.3) is 39.3 Å². The highest BCUT2D eigenvalue weighted by Crippen LogP contribution is 2.42. The Kier molecular flexibility index (Phi) is 13.1. The Balaban J connectivity index is 1.73. The Morgan fingerprint density at radius 2 is 1.57 bits per heavy atom. The number of aryl methyl sites for hydroxylation is 3. The minimum atomic E-state index is -0.265. The third-order valence-corrected chi connectivity index (χ3v) is 10.7. The number of nitrogens with one attached hydrogen (secondary N) is 2. The fourth-order valence-electron chi connectivity index (χ4n) is 7.38. The van der Waals surface area contributed by atoms with Crippen molar-refractivity contribution in [1.82, 2.24) is 24.8 Å². The summed E-state index contributed by atoms with van der Waals surface area (Å²) in [7, 11) is 4.85. The zero-order chi connectivity index (χ0) is 38.4. The molecule has 0 aliphatic carbocycles. The number of allylic oxidation sites excluding steroid dienone is 2. The van der Waals surface area contributed by atoms with Crippen molar-refractivity contribution >= 4 is 51.2 Å². The van der Waals surface area contributed by atoms with Gasteiger partial charge in [-0.25, -0.2) is 4.98 Å². The highest BCUT2D eigenvalue weighted by Gasteiger charge is 2.32. The van der Waals surface area contributed by atoms with Crippen LogP contribution < -0.4 is 0 Å². The Labute approximate surface area is 312 Å². The molecule has 0 saturated carbocycles. The molecular weight excluding hydrogens is 670 g/mol. The molecule has 2 aliphatic heterocycles. The van der Waals surface area contributed by atoms with Gasteiger partial charge in [0.15, 0.2) is 0 Å². The number of hydrogen-bond donors (Lipinski definition) is 2. The SMILES string of the molecule is C=Cc1c(C)c2cc3nc(c(C)c4[nH]c(cc5nc(cc1[nH]2)C(C)=C5CC)c(C)c4C(=O)N(C)CCOCCOCCOC)[C@@H](CCC(=O)OC)[C@@H]3C. The quantitative estimate of drug-likeness (QED) is 0.120. The molecule has 0 aromatic carbocycles. The zero-order valence-corrected chi connectivity index (χ0v) is 32.8. The number of rotatable bonds is 15. The lowest BCUT2D eigenvalue weighted by atomic mass is 9.85. The van der Waals surface area contributed by atoms with Crippen LogP contribution in [0.4, 0.5) is 0 Å². The van der Waals surface area contributed by atoms with Crippen molar-refractivity contribution < 1.29 is 28.5 Å². The number of ether oxygens (including phenoxy) is 4. The lowest BCUT2D eigenvalue weighted by molar-refractivity contribution is -0.140. The number of H-pyrrole nitrogens is 2. The van der Waals surface area contributed by atoms with Crippen LogP contribution in [-0.4, -0.2) is 97.6 Å². The van der Waals surface area contributed by atoms with E-state index in [9.17, 15) is 9.59 Å². The monoisotopic (exact) mass is 725 g/mol. The summed E-state index contributed by atoms with van der Waals surface area (Å²) in [6.07, 6.45) is 3.49. The molecular formula is C42H55N5O6. The van der Waals surface area contributed by atoms with Crippen LogP contribution >= 0.6 is 0 Å². The van der Waals surface area contributed by atoms with E-state index in [1.807, 2.05) is 19.9 Å². The summed E-state index contributed by atoms with van der Waals surface area (Å²) in [5.74, 6) is -0.476. The molecule has 8 bridgehead atoms. The third kappa shape index (κ3) is 8.32. The molecule has 0 unspecified atom stereocenters. The molecule has 284 valence electrons. The van der Waals surface area contributed by atoms with Gasteiger partial charge in [-0.05, 0) is 86.6 Å². The summed E-state index contributed by atoms with van der Waals surface area (Å²) >= 11 is 0. The van der Waals surface area contributed by atoms with Gasteiger partial charge >= 0.3 is 5.97 Å². The number of aromatic nitrogens is 4. The Hall–Kier alpha value is -4.58. The molecule has 2 N–H and O–H groups in total. The van der Waals surface area contributed by atoms with E-state index >= 15 is 0 Å². The summed E-state index contributed by atoms with van der Waals surface area (Å²) < 4.78 is 21.3. The molecule has 0 fully saturated rings. The lowest BCUT2D eigenvalue weighted by Gasteiger charge is -2.19. The second-order valence-electron chi connectivity index (χ2n) is 13.9. The maximum atomic E-state index is 14.4. The summed E-state index contributed by atoms with van der Waals surface area (Å²) in [5.41, 5.74) is 13.5. The minimum absolute atomic E-state index is 0.00428. The summed E-state index contributed by atoms with van der Waals surface area (Å²) in [5, 5.41) is 0. The number of aromatic amines is 2. The summed E-state index contributed by atoms with van der Waals surface area (Å²) in [6, 6.07) is 6.26. The minimum Gasteiger partial charge on any atom is -0.469 e. The Morgan fingerprint density at radius 3 is 2.25 bits per heavy atom. The average molecular weight is 726 g/mol. The number of esters is 1. The predicted molar refractivity (Wildman–Crippen MR) is 211 cm³/mol. The molecule has 0 spiro atoms. The van der Waals surface area contributed by atoms with Crippen molar-refractivity contribution in [2.24, 2.45) is 0 Å². The van der Waals surface area contributed by atoms with Gasteiger partial charge in [-0.3, -0.25) is 14.6 Å². The normalized spacial score (nSPS) is 15.6. The second-order valence-corrected chi connectivity index (χ2v) is 13.9. The fourth-order valence-corrected chi connectivity index (χ4v) is 7.38. The van der Waals surface area contributed by atoms with Crippen molar-refractivity contribution in [2.75, 3.05) is 60.8 Å². The van der Waals surface area contributed by atoms with Crippen molar-refractivity contribution in [3.8, 4) is 0 Å². The lowest BCUT2D eigenvalue weighted by Crippen LogP contribution is -2.31. The van der Waals surface area contributed by atoms with Crippen molar-refractivity contribution in [2.45, 2.75) is 72.6 Å². The summed E-state index contributed by atoms with van der Waals surface area (Å²) in [6.45, 7) is 19.3. The van der Waals surface area contributed by atoms with E-state index in [2.05, 4.69) is 62.4 Å². The van der Waals surface area contributed by atoms with Crippen LogP contribution in [0.3, 0.4) is 0 Å². The molecule has 5 heterocycles. The molecule has 0 radical (unpaired) electrons. The van der Waals surface area contributed by atoms with Crippen LogP contribution in [0.5, 0.6) is 0 Å². The number of likely N-dealkylation sites (N-methyl/N-ethyl adjacent to an activating group) is 1. The molecule has 3 aromatic heterocycles. The summed E-state index contributed by atoms with van der Waals surface area (Å²) in [4.78, 5) is 46.2. The molecule has 0 saturated heterocycles. The van der Waals surface area contributed by atoms with Crippen molar-refractivity contribution in [3.05, 3.63) is 75.4 Å². The van der Waals surface area contributed by atoms with Crippen LogP contribution in [0.1, 0.15) is 107 Å². The van der Waals surface area contributed by atoms with Gasteiger partial charge in [-0.2, -0.15) is 0 Å². The number of methoxy groups -OCH3 is 2. The average Bonchev–Trinajstić information content (AvgIpc) is 3.83. The largest absolute Gasteiger partial charge is 0.469 e. The van der Waals surface area contributed by atoms with Gasteiger partial charge in [0.2, 0.25) is 0 Å². The molecule has 2 atom stereocenters. The van der Waals surface area contributed by atoms with Gasteiger partial charge in [-0.1, -0.05) is 26.5 Å². The van der Waals surface area contributed by atoms with E-state index in [0.717, 1.165) is 79.1 Å². The van der Waals surface area contributed by atoms with E-state index in [4.69, 9.17) is 28.9 Å². The Bertz CT molecular complexity index is 2060. The van der Waals surface area contributed by atoms with Crippen molar-refractivity contribution in [3.63, 3.8) is 0 Å². The topological polar surface area (TPSA) is 132 Å².